The number of hydrogen-bond donors (Lipinski definition) is 0. The van der Waals surface area contributed by atoms with Gasteiger partial charge in [0.25, 0.3) is 11.1 Å². The molecule has 3 aromatic rings. The molecule has 0 unspecified atom stereocenters. The standard InChI is InChI=1S/C25H18Cl3NO4S/c1-32-21-8-4-6-15(23(21)33-14-17-9-10-18(26)12-20(17)28)11-22-24(30)29(25(31)34-22)13-16-5-2-3-7-19(16)27/h2-12H,13-14H2,1H3/b22-11+. The minimum Gasteiger partial charge on any atom is -0.493 e. The molecule has 0 bridgehead atoms. The second-order valence-corrected chi connectivity index (χ2v) is 9.51. The zero-order valence-electron chi connectivity index (χ0n) is 17.9. The van der Waals surface area contributed by atoms with E-state index in [4.69, 9.17) is 44.3 Å². The summed E-state index contributed by atoms with van der Waals surface area (Å²) >= 11 is 19.3. The van der Waals surface area contributed by atoms with E-state index in [2.05, 4.69) is 0 Å². The lowest BCUT2D eigenvalue weighted by atomic mass is 10.1. The first-order valence-corrected chi connectivity index (χ1v) is 12.0. The first-order valence-electron chi connectivity index (χ1n) is 10.1. The van der Waals surface area contributed by atoms with E-state index < -0.39 is 5.91 Å². The number of rotatable bonds is 7. The minimum atomic E-state index is -0.399. The normalized spacial score (nSPS) is 14.7. The van der Waals surface area contributed by atoms with Crippen LogP contribution in [0.4, 0.5) is 4.79 Å². The molecule has 9 heteroatoms. The highest BCUT2D eigenvalue weighted by molar-refractivity contribution is 8.18. The number of thioether (sulfide) groups is 1. The Balaban J connectivity index is 1.60. The van der Waals surface area contributed by atoms with Gasteiger partial charge in [0.15, 0.2) is 11.5 Å². The predicted molar refractivity (Wildman–Crippen MR) is 137 cm³/mol. The second kappa shape index (κ2) is 10.7. The summed E-state index contributed by atoms with van der Waals surface area (Å²) in [5.74, 6) is 0.507. The first kappa shape index (κ1) is 24.5. The SMILES string of the molecule is COc1cccc(/C=C2/SC(=O)N(Cc3ccccc3Cl)C2=O)c1OCc1ccc(Cl)cc1Cl. The van der Waals surface area contributed by atoms with Crippen LogP contribution in [0, 0.1) is 0 Å². The van der Waals surface area contributed by atoms with Crippen LogP contribution in [0.15, 0.2) is 65.6 Å². The minimum absolute atomic E-state index is 0.0955. The monoisotopic (exact) mass is 533 g/mol. The van der Waals surface area contributed by atoms with Gasteiger partial charge in [0.05, 0.1) is 18.6 Å². The Hall–Kier alpha value is -2.64. The lowest BCUT2D eigenvalue weighted by Crippen LogP contribution is -2.27. The Kier molecular flexibility index (Phi) is 7.73. The summed E-state index contributed by atoms with van der Waals surface area (Å²) in [7, 11) is 1.53. The lowest BCUT2D eigenvalue weighted by Gasteiger charge is -2.15. The smallest absolute Gasteiger partial charge is 0.293 e. The molecule has 0 saturated carbocycles. The van der Waals surface area contributed by atoms with Crippen molar-refractivity contribution in [3.63, 3.8) is 0 Å². The topological polar surface area (TPSA) is 55.8 Å². The molecule has 0 atom stereocenters. The fraction of sp³-hybridized carbons (Fsp3) is 0.120. The number of methoxy groups -OCH3 is 1. The van der Waals surface area contributed by atoms with E-state index in [-0.39, 0.29) is 23.3 Å². The van der Waals surface area contributed by atoms with Gasteiger partial charge < -0.3 is 9.47 Å². The van der Waals surface area contributed by atoms with Crippen LogP contribution in [-0.2, 0) is 17.9 Å². The van der Waals surface area contributed by atoms with E-state index in [9.17, 15) is 9.59 Å². The molecule has 3 aromatic carbocycles. The van der Waals surface area contributed by atoms with Crippen molar-refractivity contribution in [2.24, 2.45) is 0 Å². The van der Waals surface area contributed by atoms with Crippen LogP contribution in [0.5, 0.6) is 11.5 Å². The van der Waals surface area contributed by atoms with Gasteiger partial charge in [0.1, 0.15) is 6.61 Å². The second-order valence-electron chi connectivity index (χ2n) is 7.26. The van der Waals surface area contributed by atoms with E-state index in [0.29, 0.717) is 37.7 Å². The highest BCUT2D eigenvalue weighted by atomic mass is 35.5. The summed E-state index contributed by atoms with van der Waals surface area (Å²) in [4.78, 5) is 27.1. The van der Waals surface area contributed by atoms with Gasteiger partial charge in [-0.2, -0.15) is 0 Å². The maximum Gasteiger partial charge on any atom is 0.293 e. The number of imide groups is 1. The molecule has 1 heterocycles. The van der Waals surface area contributed by atoms with Crippen molar-refractivity contribution >= 4 is 63.8 Å². The highest BCUT2D eigenvalue weighted by Gasteiger charge is 2.35. The number of benzene rings is 3. The van der Waals surface area contributed by atoms with Crippen molar-refractivity contribution in [3.8, 4) is 11.5 Å². The molecule has 1 saturated heterocycles. The van der Waals surface area contributed by atoms with E-state index in [1.54, 1.807) is 60.7 Å². The molecule has 0 aliphatic carbocycles. The van der Waals surface area contributed by atoms with Gasteiger partial charge >= 0.3 is 0 Å². The summed E-state index contributed by atoms with van der Waals surface area (Å²) in [5.41, 5.74) is 2.02. The molecule has 0 N–H and O–H groups in total. The number of halogens is 3. The average Bonchev–Trinajstić information content (AvgIpc) is 3.07. The number of ether oxygens (including phenoxy) is 2. The summed E-state index contributed by atoms with van der Waals surface area (Å²) in [5, 5.41) is 1.13. The molecule has 1 aliphatic heterocycles. The number of carbonyl (C=O) groups is 2. The third kappa shape index (κ3) is 5.36. The Morgan fingerprint density at radius 2 is 1.74 bits per heavy atom. The van der Waals surface area contributed by atoms with Crippen LogP contribution < -0.4 is 9.47 Å². The Labute approximate surface area is 216 Å². The maximum absolute atomic E-state index is 13.0. The number of para-hydroxylation sites is 1. The molecule has 1 fully saturated rings. The molecule has 5 nitrogen and oxygen atoms in total. The van der Waals surface area contributed by atoms with Gasteiger partial charge in [0, 0.05) is 26.2 Å². The number of carbonyl (C=O) groups excluding carboxylic acids is 2. The Morgan fingerprint density at radius 1 is 0.941 bits per heavy atom. The van der Waals surface area contributed by atoms with Crippen LogP contribution in [0.1, 0.15) is 16.7 Å². The van der Waals surface area contributed by atoms with Crippen molar-refractivity contribution in [2.75, 3.05) is 7.11 Å². The molecular formula is C25H18Cl3NO4S. The van der Waals surface area contributed by atoms with Gasteiger partial charge in [-0.15, -0.1) is 0 Å². The van der Waals surface area contributed by atoms with Crippen molar-refractivity contribution < 1.29 is 19.1 Å². The van der Waals surface area contributed by atoms with Crippen LogP contribution in [0.3, 0.4) is 0 Å². The molecule has 34 heavy (non-hydrogen) atoms. The third-order valence-corrected chi connectivity index (χ3v) is 6.93. The Bertz CT molecular complexity index is 1290. The van der Waals surface area contributed by atoms with E-state index in [1.165, 1.54) is 12.0 Å². The molecule has 0 aromatic heterocycles. The first-order chi connectivity index (χ1) is 16.4. The van der Waals surface area contributed by atoms with E-state index in [1.807, 2.05) is 6.07 Å². The summed E-state index contributed by atoms with van der Waals surface area (Å²) in [6.45, 7) is 0.253. The largest absolute Gasteiger partial charge is 0.493 e. The van der Waals surface area contributed by atoms with Gasteiger partial charge in [-0.25, -0.2) is 0 Å². The van der Waals surface area contributed by atoms with Crippen molar-refractivity contribution in [1.29, 1.82) is 0 Å². The summed E-state index contributed by atoms with van der Waals surface area (Å²) in [6.07, 6.45) is 1.62. The number of nitrogens with zero attached hydrogens (tertiary/aromatic N) is 1. The van der Waals surface area contributed by atoms with Crippen molar-refractivity contribution in [3.05, 3.63) is 97.3 Å². The van der Waals surface area contributed by atoms with Gasteiger partial charge in [-0.05, 0) is 47.7 Å². The van der Waals surface area contributed by atoms with Crippen LogP contribution in [0.25, 0.3) is 6.08 Å². The molecule has 0 spiro atoms. The summed E-state index contributed by atoms with van der Waals surface area (Å²) in [6, 6.07) is 17.6. The zero-order chi connectivity index (χ0) is 24.2. The van der Waals surface area contributed by atoms with Crippen molar-refractivity contribution in [2.45, 2.75) is 13.2 Å². The van der Waals surface area contributed by atoms with E-state index in [0.717, 1.165) is 17.3 Å². The molecule has 0 radical (unpaired) electrons. The van der Waals surface area contributed by atoms with Crippen molar-refractivity contribution in [1.82, 2.24) is 4.90 Å². The molecule has 174 valence electrons. The van der Waals surface area contributed by atoms with Crippen LogP contribution in [0.2, 0.25) is 15.1 Å². The number of hydrogen-bond acceptors (Lipinski definition) is 5. The third-order valence-electron chi connectivity index (χ3n) is 5.06. The molecule has 2 amide bonds. The molecule has 4 rings (SSSR count). The van der Waals surface area contributed by atoms with Gasteiger partial charge in [-0.3, -0.25) is 14.5 Å². The number of amides is 2. The summed E-state index contributed by atoms with van der Waals surface area (Å²) < 4.78 is 11.5. The fourth-order valence-corrected chi connectivity index (χ4v) is 4.81. The van der Waals surface area contributed by atoms with Gasteiger partial charge in [-0.1, -0.05) is 71.2 Å². The zero-order valence-corrected chi connectivity index (χ0v) is 21.0. The molecule has 1 aliphatic rings. The fourth-order valence-electron chi connectivity index (χ4n) is 3.32. The highest BCUT2D eigenvalue weighted by Crippen LogP contribution is 2.38. The van der Waals surface area contributed by atoms with Gasteiger partial charge in [0.2, 0.25) is 0 Å². The maximum atomic E-state index is 13.0. The van der Waals surface area contributed by atoms with Crippen LogP contribution >= 0.6 is 46.6 Å². The van der Waals surface area contributed by atoms with E-state index >= 15 is 0 Å². The average molecular weight is 535 g/mol. The lowest BCUT2D eigenvalue weighted by molar-refractivity contribution is -0.123. The quantitative estimate of drug-likeness (QED) is 0.294. The van der Waals surface area contributed by atoms with Crippen LogP contribution in [-0.4, -0.2) is 23.2 Å². The molecular weight excluding hydrogens is 517 g/mol. The predicted octanol–water partition coefficient (Wildman–Crippen LogP) is 7.47. The Morgan fingerprint density at radius 3 is 2.47 bits per heavy atom.